The molecule has 0 fully saturated rings. The van der Waals surface area contributed by atoms with Crippen molar-refractivity contribution in [1.29, 1.82) is 0 Å². The lowest BCUT2D eigenvalue weighted by atomic mass is 10.1. The molecule has 0 aliphatic heterocycles. The summed E-state index contributed by atoms with van der Waals surface area (Å²) in [5.74, 6) is 0.0550. The first kappa shape index (κ1) is 18.9. The van der Waals surface area contributed by atoms with Gasteiger partial charge in [-0.05, 0) is 48.9 Å². The van der Waals surface area contributed by atoms with E-state index in [2.05, 4.69) is 15.1 Å². The number of carbonyl (C=O) groups is 1. The monoisotopic (exact) mass is 410 g/mol. The standard InChI is InChI=1S/C20H18N4O4S/c1-14-8-9-16(29(26,27)22-12-15-5-4-10-28-15)11-17(14)20(25)23-24-13-21-18-6-2-3-7-19(18)24/h2-11,13,22H,12H2,1H3,(H,23,25). The Kier molecular flexibility index (Phi) is 4.91. The van der Waals surface area contributed by atoms with Crippen molar-refractivity contribution >= 4 is 27.0 Å². The van der Waals surface area contributed by atoms with Gasteiger partial charge in [0.2, 0.25) is 10.0 Å². The zero-order valence-corrected chi connectivity index (χ0v) is 16.3. The lowest BCUT2D eigenvalue weighted by Gasteiger charge is -2.12. The number of aromatic nitrogens is 2. The highest BCUT2D eigenvalue weighted by molar-refractivity contribution is 7.89. The first-order chi connectivity index (χ1) is 13.9. The van der Waals surface area contributed by atoms with Gasteiger partial charge < -0.3 is 4.42 Å². The number of hydrogen-bond acceptors (Lipinski definition) is 5. The van der Waals surface area contributed by atoms with E-state index in [0.717, 1.165) is 11.0 Å². The number of aryl methyl sites for hydroxylation is 1. The van der Waals surface area contributed by atoms with Crippen LogP contribution in [0.2, 0.25) is 0 Å². The molecular weight excluding hydrogens is 392 g/mol. The van der Waals surface area contributed by atoms with Gasteiger partial charge in [0.15, 0.2) is 0 Å². The molecule has 1 amide bonds. The van der Waals surface area contributed by atoms with Crippen LogP contribution in [0.3, 0.4) is 0 Å². The third kappa shape index (κ3) is 3.91. The molecule has 2 heterocycles. The van der Waals surface area contributed by atoms with Gasteiger partial charge in [0, 0.05) is 5.56 Å². The van der Waals surface area contributed by atoms with Crippen LogP contribution in [0.1, 0.15) is 21.7 Å². The molecule has 0 bridgehead atoms. The molecule has 0 aliphatic carbocycles. The van der Waals surface area contributed by atoms with E-state index in [-0.39, 0.29) is 17.0 Å². The van der Waals surface area contributed by atoms with Gasteiger partial charge in [-0.2, -0.15) is 0 Å². The van der Waals surface area contributed by atoms with E-state index in [0.29, 0.717) is 11.3 Å². The summed E-state index contributed by atoms with van der Waals surface area (Å²) in [6.07, 6.45) is 2.97. The molecule has 4 rings (SSSR count). The normalized spacial score (nSPS) is 11.6. The second-order valence-corrected chi connectivity index (χ2v) is 8.19. The Balaban J connectivity index is 1.58. The Morgan fingerprint density at radius 3 is 2.76 bits per heavy atom. The number of para-hydroxylation sites is 2. The molecule has 8 nitrogen and oxygen atoms in total. The number of nitrogens with zero attached hydrogens (tertiary/aromatic N) is 2. The summed E-state index contributed by atoms with van der Waals surface area (Å²) in [7, 11) is -3.81. The third-order valence-electron chi connectivity index (χ3n) is 4.46. The summed E-state index contributed by atoms with van der Waals surface area (Å²) in [5.41, 5.74) is 5.12. The first-order valence-corrected chi connectivity index (χ1v) is 10.3. The predicted molar refractivity (Wildman–Crippen MR) is 107 cm³/mol. The van der Waals surface area contributed by atoms with Crippen molar-refractivity contribution in [1.82, 2.24) is 14.4 Å². The fourth-order valence-electron chi connectivity index (χ4n) is 2.89. The van der Waals surface area contributed by atoms with Crippen LogP contribution in [0.15, 0.2) is 76.5 Å². The number of furan rings is 1. The summed E-state index contributed by atoms with van der Waals surface area (Å²) in [6, 6.07) is 15.1. The van der Waals surface area contributed by atoms with Crippen LogP contribution in [-0.4, -0.2) is 24.0 Å². The topological polar surface area (TPSA) is 106 Å². The Morgan fingerprint density at radius 2 is 1.97 bits per heavy atom. The first-order valence-electron chi connectivity index (χ1n) is 8.80. The number of benzene rings is 2. The Bertz CT molecular complexity index is 1280. The molecule has 0 radical (unpaired) electrons. The number of carbonyl (C=O) groups excluding carboxylic acids is 1. The molecule has 2 N–H and O–H groups in total. The SMILES string of the molecule is Cc1ccc(S(=O)(=O)NCc2ccco2)cc1C(=O)Nn1cnc2ccccc21. The van der Waals surface area contributed by atoms with Crippen LogP contribution in [0.25, 0.3) is 11.0 Å². The maximum atomic E-state index is 12.8. The third-order valence-corrected chi connectivity index (χ3v) is 5.85. The molecule has 4 aromatic rings. The number of sulfonamides is 1. The molecule has 29 heavy (non-hydrogen) atoms. The van der Waals surface area contributed by atoms with E-state index < -0.39 is 15.9 Å². The summed E-state index contributed by atoms with van der Waals surface area (Å²) in [6.45, 7) is 1.76. The average Bonchev–Trinajstić information content (AvgIpc) is 3.37. The van der Waals surface area contributed by atoms with E-state index in [9.17, 15) is 13.2 Å². The van der Waals surface area contributed by atoms with Crippen LogP contribution in [0, 0.1) is 6.92 Å². The van der Waals surface area contributed by atoms with Gasteiger partial charge in [-0.1, -0.05) is 18.2 Å². The van der Waals surface area contributed by atoms with Crippen molar-refractivity contribution < 1.29 is 17.6 Å². The zero-order chi connectivity index (χ0) is 20.4. The molecule has 0 atom stereocenters. The highest BCUT2D eigenvalue weighted by Crippen LogP contribution is 2.17. The molecule has 0 saturated heterocycles. The van der Waals surface area contributed by atoms with Gasteiger partial charge in [0.25, 0.3) is 5.91 Å². The summed E-state index contributed by atoms with van der Waals surface area (Å²) in [5, 5.41) is 0. The van der Waals surface area contributed by atoms with Crippen molar-refractivity contribution in [2.24, 2.45) is 0 Å². The second kappa shape index (κ2) is 7.53. The molecule has 0 aliphatic rings. The number of imidazole rings is 1. The highest BCUT2D eigenvalue weighted by atomic mass is 32.2. The van der Waals surface area contributed by atoms with Crippen LogP contribution in [0.5, 0.6) is 0 Å². The van der Waals surface area contributed by atoms with Gasteiger partial charge in [-0.15, -0.1) is 0 Å². The lowest BCUT2D eigenvalue weighted by Crippen LogP contribution is -2.25. The van der Waals surface area contributed by atoms with Crippen molar-refractivity contribution in [3.8, 4) is 0 Å². The van der Waals surface area contributed by atoms with Crippen LogP contribution < -0.4 is 10.1 Å². The van der Waals surface area contributed by atoms with Crippen molar-refractivity contribution in [3.63, 3.8) is 0 Å². The second-order valence-electron chi connectivity index (χ2n) is 6.42. The summed E-state index contributed by atoms with van der Waals surface area (Å²) >= 11 is 0. The molecule has 0 unspecified atom stereocenters. The van der Waals surface area contributed by atoms with Crippen molar-refractivity contribution in [2.75, 3.05) is 5.43 Å². The molecule has 9 heteroatoms. The number of amides is 1. The van der Waals surface area contributed by atoms with Crippen LogP contribution in [0.4, 0.5) is 0 Å². The zero-order valence-electron chi connectivity index (χ0n) is 15.5. The maximum absolute atomic E-state index is 12.8. The van der Waals surface area contributed by atoms with Crippen LogP contribution in [-0.2, 0) is 16.6 Å². The van der Waals surface area contributed by atoms with Gasteiger partial charge in [0.1, 0.15) is 12.1 Å². The van der Waals surface area contributed by atoms with Crippen molar-refractivity contribution in [2.45, 2.75) is 18.4 Å². The Morgan fingerprint density at radius 1 is 1.14 bits per heavy atom. The van der Waals surface area contributed by atoms with E-state index in [1.54, 1.807) is 25.1 Å². The van der Waals surface area contributed by atoms with Crippen molar-refractivity contribution in [3.05, 3.63) is 84.1 Å². The lowest BCUT2D eigenvalue weighted by molar-refractivity contribution is 0.101. The highest BCUT2D eigenvalue weighted by Gasteiger charge is 2.19. The fourth-order valence-corrected chi connectivity index (χ4v) is 3.91. The summed E-state index contributed by atoms with van der Waals surface area (Å²) in [4.78, 5) is 17.0. The molecule has 0 spiro atoms. The molecule has 2 aromatic heterocycles. The maximum Gasteiger partial charge on any atom is 0.270 e. The van der Waals surface area contributed by atoms with E-state index in [1.165, 1.54) is 29.4 Å². The largest absolute Gasteiger partial charge is 0.468 e. The smallest absolute Gasteiger partial charge is 0.270 e. The van der Waals surface area contributed by atoms with Gasteiger partial charge in [-0.25, -0.2) is 22.8 Å². The van der Waals surface area contributed by atoms with Gasteiger partial charge >= 0.3 is 0 Å². The molecule has 0 saturated carbocycles. The minimum atomic E-state index is -3.81. The number of rotatable bonds is 6. The Labute approximate surface area is 167 Å². The number of hydrogen-bond donors (Lipinski definition) is 2. The predicted octanol–water partition coefficient (Wildman–Crippen LogP) is 2.80. The van der Waals surface area contributed by atoms with E-state index >= 15 is 0 Å². The number of nitrogens with one attached hydrogen (secondary N) is 2. The number of fused-ring (bicyclic) bond motifs is 1. The molecule has 2 aromatic carbocycles. The van der Waals surface area contributed by atoms with E-state index in [4.69, 9.17) is 4.42 Å². The van der Waals surface area contributed by atoms with E-state index in [1.807, 2.05) is 24.3 Å². The van der Waals surface area contributed by atoms with Gasteiger partial charge in [-0.3, -0.25) is 10.2 Å². The fraction of sp³-hybridized carbons (Fsp3) is 0.100. The van der Waals surface area contributed by atoms with Crippen LogP contribution >= 0.6 is 0 Å². The summed E-state index contributed by atoms with van der Waals surface area (Å²) < 4.78 is 34.3. The molecule has 148 valence electrons. The Hall–Kier alpha value is -3.43. The minimum Gasteiger partial charge on any atom is -0.468 e. The molecular formula is C20H18N4O4S. The minimum absolute atomic E-state index is 0.00436. The van der Waals surface area contributed by atoms with Gasteiger partial charge in [0.05, 0.1) is 28.7 Å². The quantitative estimate of drug-likeness (QED) is 0.508. The average molecular weight is 410 g/mol.